The highest BCUT2D eigenvalue weighted by atomic mass is 15.2. The normalized spacial score (nSPS) is 15.0. The Labute approximate surface area is 90.9 Å². The molecular formula is C13H29N. The molecule has 0 bridgehead atoms. The molecular weight excluding hydrogens is 170 g/mol. The molecule has 0 aromatic heterocycles. The molecule has 0 saturated heterocycles. The van der Waals surface area contributed by atoms with Crippen LogP contribution in [0.2, 0.25) is 0 Å². The summed E-state index contributed by atoms with van der Waals surface area (Å²) in [5, 5.41) is 0. The van der Waals surface area contributed by atoms with Crippen molar-refractivity contribution >= 4 is 0 Å². The summed E-state index contributed by atoms with van der Waals surface area (Å²) < 4.78 is 0. The number of hydrogen-bond donors (Lipinski definition) is 0. The van der Waals surface area contributed by atoms with E-state index in [0.29, 0.717) is 0 Å². The van der Waals surface area contributed by atoms with Crippen molar-refractivity contribution in [3.8, 4) is 0 Å². The van der Waals surface area contributed by atoms with Gasteiger partial charge in [0.15, 0.2) is 0 Å². The van der Waals surface area contributed by atoms with Crippen LogP contribution in [0.3, 0.4) is 0 Å². The molecule has 0 fully saturated rings. The fraction of sp³-hybridized carbons (Fsp3) is 1.00. The topological polar surface area (TPSA) is 3.24 Å². The first-order valence-electron chi connectivity index (χ1n) is 5.69. The maximum atomic E-state index is 2.48. The minimum absolute atomic E-state index is 0.217. The van der Waals surface area contributed by atoms with Crippen molar-refractivity contribution in [2.24, 2.45) is 10.8 Å². The van der Waals surface area contributed by atoms with Crippen LogP contribution in [0.4, 0.5) is 0 Å². The van der Waals surface area contributed by atoms with Gasteiger partial charge in [0, 0.05) is 5.54 Å². The van der Waals surface area contributed by atoms with Crippen LogP contribution in [0.15, 0.2) is 0 Å². The summed E-state index contributed by atoms with van der Waals surface area (Å²) in [7, 11) is 2.23. The van der Waals surface area contributed by atoms with Crippen LogP contribution in [0.1, 0.15) is 55.4 Å². The lowest BCUT2D eigenvalue weighted by molar-refractivity contribution is -0.0574. The van der Waals surface area contributed by atoms with Crippen LogP contribution in [0, 0.1) is 10.8 Å². The zero-order valence-electron chi connectivity index (χ0n) is 11.7. The van der Waals surface area contributed by atoms with Crippen molar-refractivity contribution in [1.82, 2.24) is 4.90 Å². The van der Waals surface area contributed by atoms with Crippen molar-refractivity contribution in [2.75, 3.05) is 13.6 Å². The molecule has 0 saturated carbocycles. The maximum Gasteiger partial charge on any atom is 0.0274 e. The smallest absolute Gasteiger partial charge is 0.0274 e. The summed E-state index contributed by atoms with van der Waals surface area (Å²) in [6, 6.07) is 0. The van der Waals surface area contributed by atoms with Crippen molar-refractivity contribution in [1.29, 1.82) is 0 Å². The average molecular weight is 199 g/mol. The van der Waals surface area contributed by atoms with E-state index in [4.69, 9.17) is 0 Å². The lowest BCUT2D eigenvalue weighted by atomic mass is 9.60. The molecule has 1 heteroatoms. The Morgan fingerprint density at radius 2 is 1.07 bits per heavy atom. The van der Waals surface area contributed by atoms with E-state index in [1.54, 1.807) is 0 Å². The van der Waals surface area contributed by atoms with Gasteiger partial charge in [0.25, 0.3) is 0 Å². The molecule has 0 aromatic carbocycles. The summed E-state index contributed by atoms with van der Waals surface area (Å²) in [5.74, 6) is 0. The Bertz CT molecular complexity index is 166. The molecule has 0 radical (unpaired) electrons. The van der Waals surface area contributed by atoms with E-state index >= 15 is 0 Å². The van der Waals surface area contributed by atoms with Crippen LogP contribution < -0.4 is 0 Å². The lowest BCUT2D eigenvalue weighted by Gasteiger charge is -2.56. The fourth-order valence-corrected chi connectivity index (χ4v) is 2.59. The third-order valence-electron chi connectivity index (χ3n) is 4.16. The van der Waals surface area contributed by atoms with Gasteiger partial charge in [-0.25, -0.2) is 0 Å². The predicted molar refractivity (Wildman–Crippen MR) is 65.6 cm³/mol. The molecule has 0 heterocycles. The monoisotopic (exact) mass is 199 g/mol. The Balaban J connectivity index is 5.29. The van der Waals surface area contributed by atoms with Crippen LogP contribution in [0.25, 0.3) is 0 Å². The average Bonchev–Trinajstić information content (AvgIpc) is 1.97. The molecule has 0 rings (SSSR count). The predicted octanol–water partition coefficient (Wildman–Crippen LogP) is 3.79. The fourth-order valence-electron chi connectivity index (χ4n) is 2.59. The zero-order chi connectivity index (χ0) is 11.8. The van der Waals surface area contributed by atoms with E-state index in [9.17, 15) is 0 Å². The van der Waals surface area contributed by atoms with Gasteiger partial charge in [-0.3, -0.25) is 0 Å². The molecule has 0 amide bonds. The summed E-state index contributed by atoms with van der Waals surface area (Å²) in [6.07, 6.45) is 0. The highest BCUT2D eigenvalue weighted by Gasteiger charge is 2.48. The highest BCUT2D eigenvalue weighted by Crippen LogP contribution is 2.47. The molecule has 0 spiro atoms. The number of nitrogens with zero attached hydrogens (tertiary/aromatic N) is 1. The number of rotatable bonds is 2. The molecule has 0 aliphatic carbocycles. The van der Waals surface area contributed by atoms with Crippen LogP contribution >= 0.6 is 0 Å². The Hall–Kier alpha value is -0.0400. The van der Waals surface area contributed by atoms with Crippen LogP contribution in [-0.4, -0.2) is 24.0 Å². The van der Waals surface area contributed by atoms with Gasteiger partial charge in [-0.15, -0.1) is 0 Å². The summed E-state index contributed by atoms with van der Waals surface area (Å²) in [5.41, 5.74) is 0.792. The van der Waals surface area contributed by atoms with E-state index in [0.717, 1.165) is 6.54 Å². The SMILES string of the molecule is CCN(C)C(C)(C(C)(C)C)C(C)(C)C. The molecule has 0 unspecified atom stereocenters. The van der Waals surface area contributed by atoms with E-state index in [1.807, 2.05) is 0 Å². The second-order valence-corrected chi connectivity index (χ2v) is 6.59. The molecule has 0 aromatic rings. The van der Waals surface area contributed by atoms with Gasteiger partial charge in [-0.05, 0) is 31.3 Å². The summed E-state index contributed by atoms with van der Waals surface area (Å²) in [6.45, 7) is 19.7. The van der Waals surface area contributed by atoms with Crippen molar-refractivity contribution < 1.29 is 0 Å². The van der Waals surface area contributed by atoms with Gasteiger partial charge in [-0.2, -0.15) is 0 Å². The van der Waals surface area contributed by atoms with Crippen molar-refractivity contribution in [2.45, 2.75) is 60.9 Å². The minimum Gasteiger partial charge on any atom is -0.300 e. The molecule has 0 atom stereocenters. The Kier molecular flexibility index (Phi) is 3.83. The second kappa shape index (κ2) is 3.84. The molecule has 0 aliphatic rings. The van der Waals surface area contributed by atoms with Crippen molar-refractivity contribution in [3.05, 3.63) is 0 Å². The van der Waals surface area contributed by atoms with E-state index in [1.165, 1.54) is 0 Å². The highest BCUT2D eigenvalue weighted by molar-refractivity contribution is 5.03. The molecule has 14 heavy (non-hydrogen) atoms. The van der Waals surface area contributed by atoms with Gasteiger partial charge in [0.1, 0.15) is 0 Å². The van der Waals surface area contributed by atoms with Crippen LogP contribution in [-0.2, 0) is 0 Å². The largest absolute Gasteiger partial charge is 0.300 e. The lowest BCUT2D eigenvalue weighted by Crippen LogP contribution is -2.61. The van der Waals surface area contributed by atoms with E-state index in [-0.39, 0.29) is 16.4 Å². The Morgan fingerprint density at radius 3 is 1.14 bits per heavy atom. The summed E-state index contributed by atoms with van der Waals surface area (Å²) in [4.78, 5) is 2.48. The van der Waals surface area contributed by atoms with Gasteiger partial charge in [0.2, 0.25) is 0 Å². The van der Waals surface area contributed by atoms with Gasteiger partial charge in [-0.1, -0.05) is 48.5 Å². The van der Waals surface area contributed by atoms with Crippen molar-refractivity contribution in [3.63, 3.8) is 0 Å². The molecule has 1 nitrogen and oxygen atoms in total. The first-order chi connectivity index (χ1) is 5.98. The first-order valence-corrected chi connectivity index (χ1v) is 5.69. The molecule has 86 valence electrons. The Morgan fingerprint density at radius 1 is 0.786 bits per heavy atom. The molecule has 0 aliphatic heterocycles. The van der Waals surface area contributed by atoms with Gasteiger partial charge < -0.3 is 4.90 Å². The van der Waals surface area contributed by atoms with E-state index in [2.05, 4.69) is 67.3 Å². The summed E-state index contributed by atoms with van der Waals surface area (Å²) >= 11 is 0. The zero-order valence-corrected chi connectivity index (χ0v) is 11.7. The maximum absolute atomic E-state index is 2.48. The number of hydrogen-bond acceptors (Lipinski definition) is 1. The van der Waals surface area contributed by atoms with Gasteiger partial charge in [0.05, 0.1) is 0 Å². The van der Waals surface area contributed by atoms with E-state index < -0.39 is 0 Å². The second-order valence-electron chi connectivity index (χ2n) is 6.59. The molecule has 0 N–H and O–H groups in total. The standard InChI is InChI=1S/C13H29N/c1-10-14(9)13(8,11(2,3)4)12(5,6)7/h10H2,1-9H3. The van der Waals surface area contributed by atoms with Gasteiger partial charge >= 0.3 is 0 Å². The third-order valence-corrected chi connectivity index (χ3v) is 4.16. The quantitative estimate of drug-likeness (QED) is 0.654. The van der Waals surface area contributed by atoms with Crippen LogP contribution in [0.5, 0.6) is 0 Å². The third kappa shape index (κ3) is 2.13. The minimum atomic E-state index is 0.217. The first kappa shape index (κ1) is 14.0.